The molecule has 2 aromatic rings. The number of carboxylic acid groups (broad SMARTS) is 1. The van der Waals surface area contributed by atoms with Crippen LogP contribution in [0.25, 0.3) is 0 Å². The van der Waals surface area contributed by atoms with E-state index < -0.39 is 46.4 Å². The number of amides is 1. The zero-order chi connectivity index (χ0) is 26.9. The highest BCUT2D eigenvalue weighted by Crippen LogP contribution is 2.38. The van der Waals surface area contributed by atoms with Gasteiger partial charge in [0, 0.05) is 28.5 Å². The van der Waals surface area contributed by atoms with E-state index >= 15 is 0 Å². The van der Waals surface area contributed by atoms with Crippen LogP contribution >= 0.6 is 23.2 Å². The first-order valence-corrected chi connectivity index (χ1v) is 13.1. The molecule has 12 heteroatoms. The molecule has 0 aliphatic carbocycles. The van der Waals surface area contributed by atoms with Gasteiger partial charge in [-0.2, -0.15) is 13.2 Å². The number of rotatable bonds is 8. The Morgan fingerprint density at radius 3 is 2.17 bits per heavy atom. The molecular formula is C24H27Cl2F3N2O4S. The Morgan fingerprint density at radius 1 is 1.11 bits per heavy atom. The fourth-order valence-corrected chi connectivity index (χ4v) is 4.72. The fourth-order valence-electron chi connectivity index (χ4n) is 3.94. The molecule has 0 spiro atoms. The van der Waals surface area contributed by atoms with E-state index in [-0.39, 0.29) is 13.0 Å². The number of halogens is 5. The number of nitrogens with zero attached hydrogens (tertiary/aromatic N) is 1. The van der Waals surface area contributed by atoms with Gasteiger partial charge in [-0.1, -0.05) is 60.5 Å². The lowest BCUT2D eigenvalue weighted by Crippen LogP contribution is -2.53. The van der Waals surface area contributed by atoms with Crippen molar-refractivity contribution in [1.29, 1.82) is 0 Å². The Labute approximate surface area is 220 Å². The van der Waals surface area contributed by atoms with Gasteiger partial charge in [0.05, 0.1) is 12.5 Å². The Morgan fingerprint density at radius 2 is 1.69 bits per heavy atom. The largest absolute Gasteiger partial charge is 0.485 e. The van der Waals surface area contributed by atoms with Crippen LogP contribution in [0.4, 0.5) is 13.2 Å². The van der Waals surface area contributed by atoms with Gasteiger partial charge in [0.2, 0.25) is 5.91 Å². The number of aliphatic carboxylic acids is 1. The summed E-state index contributed by atoms with van der Waals surface area (Å²) in [5.74, 6) is -2.29. The zero-order valence-corrected chi connectivity index (χ0v) is 21.7. The predicted molar refractivity (Wildman–Crippen MR) is 134 cm³/mol. The maximum absolute atomic E-state index is 13.1. The molecule has 198 valence electrons. The molecule has 2 aromatic carbocycles. The molecule has 1 amide bonds. The fraction of sp³-hybridized carbons (Fsp3) is 0.417. The molecule has 3 rings (SSSR count). The Kier molecular flexibility index (Phi) is 11.7. The van der Waals surface area contributed by atoms with Gasteiger partial charge < -0.3 is 10.0 Å². The van der Waals surface area contributed by atoms with Gasteiger partial charge >= 0.3 is 11.5 Å². The molecular weight excluding hydrogens is 540 g/mol. The quantitative estimate of drug-likeness (QED) is 0.411. The van der Waals surface area contributed by atoms with Gasteiger partial charge in [0.1, 0.15) is 0 Å². The summed E-state index contributed by atoms with van der Waals surface area (Å²) in [5.41, 5.74) is -4.15. The first-order chi connectivity index (χ1) is 16.9. The number of carbonyl (C=O) groups is 2. The third-order valence-electron chi connectivity index (χ3n) is 5.66. The molecule has 1 saturated heterocycles. The van der Waals surface area contributed by atoms with E-state index in [9.17, 15) is 27.0 Å². The third-order valence-corrected chi connectivity index (χ3v) is 7.02. The number of piperidine rings is 1. The average molecular weight is 567 g/mol. The summed E-state index contributed by atoms with van der Waals surface area (Å²) in [4.78, 5) is 25.6. The van der Waals surface area contributed by atoms with Crippen molar-refractivity contribution >= 4 is 46.1 Å². The second-order valence-electron chi connectivity index (χ2n) is 8.11. The predicted octanol–water partition coefficient (Wildman–Crippen LogP) is 5.99. The summed E-state index contributed by atoms with van der Waals surface area (Å²) >= 11 is 11.5. The van der Waals surface area contributed by atoms with Crippen LogP contribution in [-0.2, 0) is 20.6 Å². The van der Waals surface area contributed by atoms with Crippen molar-refractivity contribution in [2.75, 3.05) is 6.54 Å². The first-order valence-electron chi connectivity index (χ1n) is 11.2. The molecule has 1 aliphatic heterocycles. The van der Waals surface area contributed by atoms with Crippen LogP contribution in [0.15, 0.2) is 54.6 Å². The van der Waals surface area contributed by atoms with Crippen molar-refractivity contribution in [1.82, 2.24) is 9.62 Å². The van der Waals surface area contributed by atoms with Crippen LogP contribution in [-0.4, -0.2) is 44.2 Å². The zero-order valence-electron chi connectivity index (χ0n) is 19.4. The minimum atomic E-state index is -4.91. The minimum Gasteiger partial charge on any atom is -0.481 e. The van der Waals surface area contributed by atoms with Crippen LogP contribution in [0.5, 0.6) is 0 Å². The van der Waals surface area contributed by atoms with E-state index in [0.29, 0.717) is 24.3 Å². The van der Waals surface area contributed by atoms with E-state index in [1.807, 2.05) is 35.1 Å². The Hall–Kier alpha value is -2.14. The van der Waals surface area contributed by atoms with Gasteiger partial charge in [-0.05, 0) is 49.1 Å². The lowest BCUT2D eigenvalue weighted by Gasteiger charge is -2.44. The Bertz CT molecular complexity index is 1030. The summed E-state index contributed by atoms with van der Waals surface area (Å²) in [7, 11) is -3.25. The smallest absolute Gasteiger partial charge is 0.481 e. The van der Waals surface area contributed by atoms with Gasteiger partial charge in [-0.15, -0.1) is 0 Å². The lowest BCUT2D eigenvalue weighted by atomic mass is 9.85. The normalized spacial score (nSPS) is 19.7. The number of carbonyl (C=O) groups excluding carboxylic acids is 1. The highest BCUT2D eigenvalue weighted by atomic mass is 35.5. The second kappa shape index (κ2) is 14.0. The van der Waals surface area contributed by atoms with Crippen molar-refractivity contribution in [2.24, 2.45) is 5.92 Å². The first kappa shape index (κ1) is 30.1. The highest BCUT2D eigenvalue weighted by Gasteiger charge is 2.42. The average Bonchev–Trinajstić information content (AvgIpc) is 2.82. The van der Waals surface area contributed by atoms with Crippen molar-refractivity contribution in [3.8, 4) is 0 Å². The topological polar surface area (TPSA) is 86.7 Å². The molecule has 36 heavy (non-hydrogen) atoms. The van der Waals surface area contributed by atoms with Gasteiger partial charge in [0.15, 0.2) is 11.0 Å². The van der Waals surface area contributed by atoms with Crippen LogP contribution in [0.3, 0.4) is 0 Å². The van der Waals surface area contributed by atoms with Crippen LogP contribution in [0, 0.1) is 5.92 Å². The van der Waals surface area contributed by atoms with Crippen molar-refractivity contribution in [3.63, 3.8) is 0 Å². The molecule has 1 heterocycles. The third kappa shape index (κ3) is 9.06. The van der Waals surface area contributed by atoms with Crippen molar-refractivity contribution in [2.45, 2.75) is 50.2 Å². The van der Waals surface area contributed by atoms with Gasteiger partial charge in [-0.3, -0.25) is 9.59 Å². The molecule has 3 unspecified atom stereocenters. The summed E-state index contributed by atoms with van der Waals surface area (Å²) in [6.07, 6.45) is 0.774. The molecule has 0 radical (unpaired) electrons. The molecule has 6 nitrogen and oxygen atoms in total. The molecule has 4 atom stereocenters. The van der Waals surface area contributed by atoms with E-state index in [0.717, 1.165) is 10.6 Å². The number of benzene rings is 2. The number of hydrogen-bond acceptors (Lipinski definition) is 3. The maximum atomic E-state index is 13.1. The molecule has 0 saturated carbocycles. The van der Waals surface area contributed by atoms with Crippen molar-refractivity contribution in [3.05, 3.63) is 70.2 Å². The van der Waals surface area contributed by atoms with E-state index in [4.69, 9.17) is 28.3 Å². The molecule has 2 N–H and O–H groups in total. The summed E-state index contributed by atoms with van der Waals surface area (Å²) in [6, 6.07) is 15.1. The lowest BCUT2D eigenvalue weighted by molar-refractivity contribution is -0.151. The number of likely N-dealkylation sites (tertiary alicyclic amines) is 1. The molecule has 0 bridgehead atoms. The summed E-state index contributed by atoms with van der Waals surface area (Å²) < 4.78 is 51.0. The standard InChI is InChI=1S/C18H22ClF3N2O4S.C6H5Cl/c1-2-14(10-23-29(28)18(20,21)22)24-15(11-3-6-13(19)7-4-11)8-5-12(17(24)27)9-16(25)26;7-6-4-2-1-3-5-6/h3-4,6-7,12,14-15,23H,2,5,8-10H2,1H3,(H,25,26);1-5H/t12?,14-,15?,29?;/m0./s1. The van der Waals surface area contributed by atoms with Crippen LogP contribution < -0.4 is 4.72 Å². The monoisotopic (exact) mass is 566 g/mol. The van der Waals surface area contributed by atoms with E-state index in [1.54, 1.807) is 31.2 Å². The summed E-state index contributed by atoms with van der Waals surface area (Å²) in [5, 5.41) is 10.4. The summed E-state index contributed by atoms with van der Waals surface area (Å²) in [6.45, 7) is 1.37. The molecule has 1 aliphatic rings. The number of alkyl halides is 3. The molecule has 1 fully saturated rings. The SMILES string of the molecule is CC[C@@H](CNS(=O)C(F)(F)F)N1C(=O)C(CC(=O)O)CCC1c1ccc(Cl)cc1.Clc1ccccc1. The second-order valence-corrected chi connectivity index (χ2v) is 10.3. The minimum absolute atomic E-state index is 0.303. The maximum Gasteiger partial charge on any atom is 0.485 e. The number of carboxylic acids is 1. The van der Waals surface area contributed by atoms with Gasteiger partial charge in [-0.25, -0.2) is 8.93 Å². The Balaban J connectivity index is 0.000000558. The van der Waals surface area contributed by atoms with E-state index in [1.165, 1.54) is 4.90 Å². The van der Waals surface area contributed by atoms with Crippen LogP contribution in [0.1, 0.15) is 44.2 Å². The molecule has 0 aromatic heterocycles. The highest BCUT2D eigenvalue weighted by molar-refractivity contribution is 7.83. The number of hydrogen-bond donors (Lipinski definition) is 2. The van der Waals surface area contributed by atoms with Gasteiger partial charge in [0.25, 0.3) is 0 Å². The number of nitrogens with one attached hydrogen (secondary N) is 1. The van der Waals surface area contributed by atoms with Crippen molar-refractivity contribution < 1.29 is 32.1 Å². The van der Waals surface area contributed by atoms with Crippen LogP contribution in [0.2, 0.25) is 10.0 Å². The van der Waals surface area contributed by atoms with E-state index in [2.05, 4.69) is 0 Å².